The Bertz CT molecular complexity index is 1660. The van der Waals surface area contributed by atoms with Gasteiger partial charge in [0.2, 0.25) is 15.9 Å². The van der Waals surface area contributed by atoms with E-state index < -0.39 is 34.1 Å². The van der Waals surface area contributed by atoms with E-state index in [9.17, 15) is 23.1 Å². The van der Waals surface area contributed by atoms with Crippen LogP contribution in [-0.4, -0.2) is 73.9 Å². The normalized spacial score (nSPS) is 16.1. The Kier molecular flexibility index (Phi) is 9.59. The number of sulfonamides is 1. The molecule has 1 unspecified atom stereocenters. The van der Waals surface area contributed by atoms with Gasteiger partial charge in [-0.05, 0) is 54.1 Å². The Balaban J connectivity index is 1.41. The topological polar surface area (TPSA) is 119 Å². The number of carbonyl (C=O) groups excluding carboxylic acids is 2. The van der Waals surface area contributed by atoms with Gasteiger partial charge in [0.1, 0.15) is 17.5 Å². The molecule has 0 saturated carbocycles. The van der Waals surface area contributed by atoms with Crippen molar-refractivity contribution in [2.75, 3.05) is 38.1 Å². The van der Waals surface area contributed by atoms with Crippen LogP contribution in [0.5, 0.6) is 11.5 Å². The van der Waals surface area contributed by atoms with Gasteiger partial charge in [-0.3, -0.25) is 9.69 Å². The van der Waals surface area contributed by atoms with Gasteiger partial charge in [-0.1, -0.05) is 66.7 Å². The fourth-order valence-corrected chi connectivity index (χ4v) is 6.66. The van der Waals surface area contributed by atoms with Gasteiger partial charge in [0, 0.05) is 32.4 Å². The predicted molar refractivity (Wildman–Crippen MR) is 167 cm³/mol. The first-order chi connectivity index (χ1) is 21.3. The number of anilines is 1. The number of para-hydroxylation sites is 1. The summed E-state index contributed by atoms with van der Waals surface area (Å²) in [5.41, 5.74) is 1.14. The lowest BCUT2D eigenvalue weighted by molar-refractivity contribution is -0.125. The molecule has 1 fully saturated rings. The molecule has 228 valence electrons. The van der Waals surface area contributed by atoms with Gasteiger partial charge in [-0.15, -0.1) is 0 Å². The summed E-state index contributed by atoms with van der Waals surface area (Å²) in [6.45, 7) is -0.280. The maximum atomic E-state index is 14.1. The van der Waals surface area contributed by atoms with Crippen LogP contribution in [0.2, 0.25) is 0 Å². The zero-order valence-electron chi connectivity index (χ0n) is 24.2. The second-order valence-corrected chi connectivity index (χ2v) is 12.1. The van der Waals surface area contributed by atoms with Crippen molar-refractivity contribution in [1.29, 1.82) is 0 Å². The summed E-state index contributed by atoms with van der Waals surface area (Å²) in [7, 11) is -2.58. The second-order valence-electron chi connectivity index (χ2n) is 10.2. The van der Waals surface area contributed by atoms with E-state index in [4.69, 9.17) is 4.74 Å². The van der Waals surface area contributed by atoms with Gasteiger partial charge in [0.25, 0.3) is 0 Å². The third-order valence-electron chi connectivity index (χ3n) is 7.40. The molecule has 11 heteroatoms. The Morgan fingerprint density at radius 3 is 2.05 bits per heavy atom. The van der Waals surface area contributed by atoms with Crippen LogP contribution in [0.15, 0.2) is 120 Å². The fourth-order valence-electron chi connectivity index (χ4n) is 5.07. The molecule has 0 aromatic heterocycles. The first-order valence-electron chi connectivity index (χ1n) is 14.2. The Hall–Kier alpha value is -4.71. The number of hydrogen-bond donors (Lipinski definition) is 2. The minimum absolute atomic E-state index is 0.0471. The van der Waals surface area contributed by atoms with Crippen molar-refractivity contribution in [1.82, 2.24) is 14.5 Å². The molecule has 3 amide bonds. The molecule has 1 heterocycles. The number of nitrogens with zero attached hydrogens (tertiary/aromatic N) is 3. The van der Waals surface area contributed by atoms with Crippen molar-refractivity contribution < 1.29 is 27.9 Å². The molecular formula is C33H34N4O6S. The van der Waals surface area contributed by atoms with Crippen molar-refractivity contribution in [2.24, 2.45) is 0 Å². The van der Waals surface area contributed by atoms with Gasteiger partial charge >= 0.3 is 6.03 Å². The van der Waals surface area contributed by atoms with E-state index in [0.717, 1.165) is 4.31 Å². The number of aliphatic hydroxyl groups is 1. The van der Waals surface area contributed by atoms with Crippen LogP contribution in [0.25, 0.3) is 0 Å². The number of hydrogen-bond acceptors (Lipinski definition) is 6. The first kappa shape index (κ1) is 30.7. The van der Waals surface area contributed by atoms with Crippen LogP contribution in [0.3, 0.4) is 0 Å². The van der Waals surface area contributed by atoms with Gasteiger partial charge < -0.3 is 20.1 Å². The quantitative estimate of drug-likeness (QED) is 0.291. The summed E-state index contributed by atoms with van der Waals surface area (Å²) in [5, 5.41) is 13.7. The fraction of sp³-hybridized carbons (Fsp3) is 0.212. The van der Waals surface area contributed by atoms with Crippen LogP contribution in [0.1, 0.15) is 11.7 Å². The van der Waals surface area contributed by atoms with Gasteiger partial charge in [0.05, 0.1) is 17.5 Å². The summed E-state index contributed by atoms with van der Waals surface area (Å²) in [6, 6.07) is 31.5. The molecule has 1 aliphatic rings. The molecule has 0 radical (unpaired) electrons. The van der Waals surface area contributed by atoms with Crippen molar-refractivity contribution in [3.8, 4) is 11.5 Å². The minimum atomic E-state index is -4.01. The Labute approximate surface area is 257 Å². The highest BCUT2D eigenvalue weighted by molar-refractivity contribution is 7.89. The SMILES string of the molecule is CNC(=O)[C@@H]1CN(C(=O)N(CC(O)c2ccccc2)c2ccc(Oc3ccccc3)cc2)CCN1S(=O)(=O)c1ccccc1. The Morgan fingerprint density at radius 1 is 0.864 bits per heavy atom. The number of amides is 3. The highest BCUT2D eigenvalue weighted by Gasteiger charge is 2.42. The van der Waals surface area contributed by atoms with Crippen molar-refractivity contribution >= 4 is 27.6 Å². The molecule has 0 spiro atoms. The van der Waals surface area contributed by atoms with E-state index >= 15 is 0 Å². The maximum absolute atomic E-state index is 14.1. The number of urea groups is 1. The summed E-state index contributed by atoms with van der Waals surface area (Å²) in [4.78, 5) is 30.1. The standard InChI is InChI=1S/C33H34N4O6S/c1-34-32(39)30-23-35(21-22-37(30)44(41,42)29-15-9-4-10-16-29)33(40)36(24-31(38)25-11-5-2-6-12-25)26-17-19-28(20-18-26)43-27-13-7-3-8-14-27/h2-20,30-31,38H,21-24H2,1H3,(H,34,39)/t30-,31?/m0/s1. The predicted octanol–water partition coefficient (Wildman–Crippen LogP) is 4.26. The summed E-state index contributed by atoms with van der Waals surface area (Å²) in [6.07, 6.45) is -1.00. The maximum Gasteiger partial charge on any atom is 0.324 e. The minimum Gasteiger partial charge on any atom is -0.457 e. The number of ether oxygens (including phenoxy) is 1. The molecular weight excluding hydrogens is 580 g/mol. The average Bonchev–Trinajstić information content (AvgIpc) is 3.08. The van der Waals surface area contributed by atoms with Crippen molar-refractivity contribution in [3.05, 3.63) is 121 Å². The highest BCUT2D eigenvalue weighted by atomic mass is 32.2. The highest BCUT2D eigenvalue weighted by Crippen LogP contribution is 2.28. The number of likely N-dealkylation sites (N-methyl/N-ethyl adjacent to an activating group) is 1. The molecule has 44 heavy (non-hydrogen) atoms. The lowest BCUT2D eigenvalue weighted by atomic mass is 10.1. The smallest absolute Gasteiger partial charge is 0.324 e. The number of piperazine rings is 1. The van der Waals surface area contributed by atoms with Gasteiger partial charge in [-0.2, -0.15) is 4.31 Å². The van der Waals surface area contributed by atoms with E-state index in [1.54, 1.807) is 66.7 Å². The van der Waals surface area contributed by atoms with Gasteiger partial charge in [-0.25, -0.2) is 13.2 Å². The average molecular weight is 615 g/mol. The van der Waals surface area contributed by atoms with E-state index in [1.807, 2.05) is 36.4 Å². The second kappa shape index (κ2) is 13.7. The van der Waals surface area contributed by atoms with Crippen LogP contribution < -0.4 is 15.0 Å². The van der Waals surface area contributed by atoms with Crippen LogP contribution in [0.4, 0.5) is 10.5 Å². The molecule has 1 aliphatic heterocycles. The molecule has 2 N–H and O–H groups in total. The third-order valence-corrected chi connectivity index (χ3v) is 9.32. The first-order valence-corrected chi connectivity index (χ1v) is 15.6. The monoisotopic (exact) mass is 614 g/mol. The summed E-state index contributed by atoms with van der Waals surface area (Å²) >= 11 is 0. The van der Waals surface area contributed by atoms with Crippen LogP contribution >= 0.6 is 0 Å². The number of rotatable bonds is 9. The zero-order valence-corrected chi connectivity index (χ0v) is 25.0. The number of benzene rings is 4. The largest absolute Gasteiger partial charge is 0.457 e. The molecule has 0 aliphatic carbocycles. The van der Waals surface area contributed by atoms with E-state index in [1.165, 1.54) is 29.0 Å². The van der Waals surface area contributed by atoms with Crippen LogP contribution in [0, 0.1) is 0 Å². The summed E-state index contributed by atoms with van der Waals surface area (Å²) in [5.74, 6) is 0.701. The van der Waals surface area contributed by atoms with E-state index in [2.05, 4.69) is 5.32 Å². The van der Waals surface area contributed by atoms with E-state index in [0.29, 0.717) is 22.7 Å². The molecule has 5 rings (SSSR count). The van der Waals surface area contributed by atoms with Crippen molar-refractivity contribution in [3.63, 3.8) is 0 Å². The third kappa shape index (κ3) is 6.91. The van der Waals surface area contributed by atoms with Crippen molar-refractivity contribution in [2.45, 2.75) is 17.0 Å². The molecule has 4 aromatic carbocycles. The molecule has 0 bridgehead atoms. The van der Waals surface area contributed by atoms with E-state index in [-0.39, 0.29) is 31.1 Å². The summed E-state index contributed by atoms with van der Waals surface area (Å²) < 4.78 is 34.1. The molecule has 4 aromatic rings. The molecule has 1 saturated heterocycles. The zero-order chi connectivity index (χ0) is 31.1. The number of carbonyl (C=O) groups is 2. The number of aliphatic hydroxyl groups excluding tert-OH is 1. The van der Waals surface area contributed by atoms with Crippen LogP contribution in [-0.2, 0) is 14.8 Å². The number of nitrogens with one attached hydrogen (secondary N) is 1. The lowest BCUT2D eigenvalue weighted by Crippen LogP contribution is -2.62. The van der Waals surface area contributed by atoms with Gasteiger partial charge in [0.15, 0.2) is 0 Å². The molecule has 10 nitrogen and oxygen atoms in total. The Morgan fingerprint density at radius 2 is 1.43 bits per heavy atom. The lowest BCUT2D eigenvalue weighted by Gasteiger charge is -2.41. The molecule has 2 atom stereocenters.